The van der Waals surface area contributed by atoms with Crippen LogP contribution in [-0.4, -0.2) is 34.9 Å². The Labute approximate surface area is 183 Å². The molecule has 3 rings (SSSR count). The van der Waals surface area contributed by atoms with E-state index in [2.05, 4.69) is 15.6 Å². The van der Waals surface area contributed by atoms with Gasteiger partial charge in [-0.2, -0.15) is 0 Å². The first kappa shape index (κ1) is 22.1. The van der Waals surface area contributed by atoms with Crippen molar-refractivity contribution in [1.82, 2.24) is 15.2 Å². The molecular formula is C23H29ClN4O2. The van der Waals surface area contributed by atoms with Crippen molar-refractivity contribution in [2.45, 2.75) is 45.6 Å². The number of anilines is 1. The van der Waals surface area contributed by atoms with E-state index in [-0.39, 0.29) is 18.0 Å². The number of aromatic nitrogens is 1. The Morgan fingerprint density at radius 1 is 1.17 bits per heavy atom. The minimum absolute atomic E-state index is 0.0204. The molecule has 3 amide bonds. The van der Waals surface area contributed by atoms with Crippen LogP contribution in [0.5, 0.6) is 0 Å². The Kier molecular flexibility index (Phi) is 7.69. The summed E-state index contributed by atoms with van der Waals surface area (Å²) in [6, 6.07) is 8.79. The molecule has 1 aromatic heterocycles. The zero-order valence-corrected chi connectivity index (χ0v) is 18.3. The summed E-state index contributed by atoms with van der Waals surface area (Å²) in [5.41, 5.74) is 2.07. The van der Waals surface area contributed by atoms with Crippen LogP contribution in [0.25, 0.3) is 0 Å². The Balaban J connectivity index is 1.72. The summed E-state index contributed by atoms with van der Waals surface area (Å²) in [7, 11) is 0. The van der Waals surface area contributed by atoms with E-state index < -0.39 is 0 Å². The third-order valence-electron chi connectivity index (χ3n) is 5.24. The molecule has 2 aromatic rings. The molecule has 0 spiro atoms. The molecule has 1 saturated heterocycles. The van der Waals surface area contributed by atoms with Crippen LogP contribution in [0.4, 0.5) is 10.5 Å². The van der Waals surface area contributed by atoms with E-state index in [1.165, 1.54) is 0 Å². The van der Waals surface area contributed by atoms with Crippen molar-refractivity contribution in [3.05, 3.63) is 58.9 Å². The maximum Gasteiger partial charge on any atom is 0.322 e. The average Bonchev–Trinajstić information content (AvgIpc) is 2.99. The summed E-state index contributed by atoms with van der Waals surface area (Å²) >= 11 is 6.33. The number of amides is 3. The van der Waals surface area contributed by atoms with Gasteiger partial charge in [0.05, 0.1) is 16.6 Å². The summed E-state index contributed by atoms with van der Waals surface area (Å²) in [6.45, 7) is 5.34. The van der Waals surface area contributed by atoms with Crippen molar-refractivity contribution < 1.29 is 9.59 Å². The van der Waals surface area contributed by atoms with Gasteiger partial charge in [-0.15, -0.1) is 0 Å². The summed E-state index contributed by atoms with van der Waals surface area (Å²) in [4.78, 5) is 31.4. The van der Waals surface area contributed by atoms with Crippen molar-refractivity contribution in [3.8, 4) is 0 Å². The van der Waals surface area contributed by atoms with Crippen LogP contribution in [0, 0.1) is 5.92 Å². The largest absolute Gasteiger partial charge is 0.352 e. The number of benzene rings is 1. The number of halogens is 1. The van der Waals surface area contributed by atoms with Gasteiger partial charge in [-0.25, -0.2) is 4.79 Å². The number of urea groups is 1. The number of carbonyl (C=O) groups is 2. The zero-order valence-electron chi connectivity index (χ0n) is 17.5. The molecule has 2 N–H and O–H groups in total. The fourth-order valence-corrected chi connectivity index (χ4v) is 3.91. The summed E-state index contributed by atoms with van der Waals surface area (Å²) in [5, 5.41) is 6.12. The van der Waals surface area contributed by atoms with Crippen molar-refractivity contribution >= 4 is 29.2 Å². The maximum atomic E-state index is 13.1. The molecule has 1 atom stereocenters. The van der Waals surface area contributed by atoms with Crippen molar-refractivity contribution in [2.24, 2.45) is 5.92 Å². The SMILES string of the molecule is CC(C)CNC(=O)c1ccc(NC(=O)N2CCCCCC2c2ccncc2)cc1Cl. The first-order chi connectivity index (χ1) is 14.5. The average molecular weight is 429 g/mol. The molecule has 1 aromatic carbocycles. The predicted octanol–water partition coefficient (Wildman–Crippen LogP) is 5.27. The van der Waals surface area contributed by atoms with E-state index >= 15 is 0 Å². The lowest BCUT2D eigenvalue weighted by molar-refractivity contribution is 0.0949. The Bertz CT molecular complexity index is 873. The standard InChI is InChI=1S/C23H29ClN4O2/c1-16(2)15-26-22(29)19-8-7-18(14-20(19)24)27-23(30)28-13-5-3-4-6-21(28)17-9-11-25-12-10-17/h7-12,14,16,21H,3-6,13,15H2,1-2H3,(H,26,29)(H,27,30). The van der Waals surface area contributed by atoms with Crippen LogP contribution in [0.1, 0.15) is 61.5 Å². The van der Waals surface area contributed by atoms with Crippen molar-refractivity contribution in [1.29, 1.82) is 0 Å². The van der Waals surface area contributed by atoms with Crippen LogP contribution in [0.15, 0.2) is 42.7 Å². The van der Waals surface area contributed by atoms with Crippen LogP contribution >= 0.6 is 11.6 Å². The number of likely N-dealkylation sites (tertiary alicyclic amines) is 1. The second-order valence-electron chi connectivity index (χ2n) is 8.07. The molecule has 2 heterocycles. The highest BCUT2D eigenvalue weighted by atomic mass is 35.5. The quantitative estimate of drug-likeness (QED) is 0.681. The topological polar surface area (TPSA) is 74.3 Å². The molecule has 1 fully saturated rings. The molecule has 1 aliphatic rings. The minimum atomic E-state index is -0.211. The highest BCUT2D eigenvalue weighted by Gasteiger charge is 2.27. The van der Waals surface area contributed by atoms with E-state index in [4.69, 9.17) is 11.6 Å². The second-order valence-corrected chi connectivity index (χ2v) is 8.47. The highest BCUT2D eigenvalue weighted by Crippen LogP contribution is 2.31. The summed E-state index contributed by atoms with van der Waals surface area (Å²) < 4.78 is 0. The van der Waals surface area contributed by atoms with Gasteiger partial charge in [0.1, 0.15) is 0 Å². The number of rotatable bonds is 5. The lowest BCUT2D eigenvalue weighted by Gasteiger charge is -2.30. The number of nitrogens with zero attached hydrogens (tertiary/aromatic N) is 2. The summed E-state index contributed by atoms with van der Waals surface area (Å²) in [6.07, 6.45) is 7.62. The van der Waals surface area contributed by atoms with Gasteiger partial charge in [0.15, 0.2) is 0 Å². The molecule has 0 radical (unpaired) electrons. The molecule has 0 saturated carbocycles. The third-order valence-corrected chi connectivity index (χ3v) is 5.55. The first-order valence-corrected chi connectivity index (χ1v) is 10.9. The van der Waals surface area contributed by atoms with Crippen LogP contribution < -0.4 is 10.6 Å². The fraction of sp³-hybridized carbons (Fsp3) is 0.435. The van der Waals surface area contributed by atoms with Crippen LogP contribution in [-0.2, 0) is 0 Å². The maximum absolute atomic E-state index is 13.1. The fourth-order valence-electron chi connectivity index (χ4n) is 3.65. The van der Waals surface area contributed by atoms with E-state index in [9.17, 15) is 9.59 Å². The number of nitrogens with one attached hydrogen (secondary N) is 2. The molecular weight excluding hydrogens is 400 g/mol. The van der Waals surface area contributed by atoms with Crippen LogP contribution in [0.3, 0.4) is 0 Å². The first-order valence-electron chi connectivity index (χ1n) is 10.5. The van der Waals surface area contributed by atoms with Gasteiger partial charge >= 0.3 is 6.03 Å². The van der Waals surface area contributed by atoms with E-state index in [1.54, 1.807) is 30.6 Å². The Morgan fingerprint density at radius 2 is 1.93 bits per heavy atom. The number of hydrogen-bond acceptors (Lipinski definition) is 3. The van der Waals surface area contributed by atoms with E-state index in [0.29, 0.717) is 35.3 Å². The Hall–Kier alpha value is -2.60. The van der Waals surface area contributed by atoms with Gasteiger partial charge in [0, 0.05) is 31.2 Å². The number of hydrogen-bond donors (Lipinski definition) is 2. The van der Waals surface area contributed by atoms with Crippen LogP contribution in [0.2, 0.25) is 5.02 Å². The normalized spacial score (nSPS) is 16.8. The van der Waals surface area contributed by atoms with Gasteiger partial charge in [0.2, 0.25) is 0 Å². The van der Waals surface area contributed by atoms with E-state index in [1.807, 2.05) is 30.9 Å². The molecule has 1 unspecified atom stereocenters. The van der Waals surface area contributed by atoms with E-state index in [0.717, 1.165) is 31.2 Å². The lowest BCUT2D eigenvalue weighted by Crippen LogP contribution is -2.38. The van der Waals surface area contributed by atoms with Crippen molar-refractivity contribution in [2.75, 3.05) is 18.4 Å². The zero-order chi connectivity index (χ0) is 21.5. The molecule has 30 heavy (non-hydrogen) atoms. The highest BCUT2D eigenvalue weighted by molar-refractivity contribution is 6.34. The monoisotopic (exact) mass is 428 g/mol. The van der Waals surface area contributed by atoms with Gasteiger partial charge in [-0.05, 0) is 54.7 Å². The number of pyridine rings is 1. The minimum Gasteiger partial charge on any atom is -0.352 e. The van der Waals surface area contributed by atoms with Crippen molar-refractivity contribution in [3.63, 3.8) is 0 Å². The number of carbonyl (C=O) groups excluding carboxylic acids is 2. The molecule has 1 aliphatic heterocycles. The third kappa shape index (κ3) is 5.72. The second kappa shape index (κ2) is 10.4. The van der Waals surface area contributed by atoms with Gasteiger partial charge < -0.3 is 15.5 Å². The Morgan fingerprint density at radius 3 is 2.63 bits per heavy atom. The molecule has 0 bridgehead atoms. The molecule has 0 aliphatic carbocycles. The smallest absolute Gasteiger partial charge is 0.322 e. The van der Waals surface area contributed by atoms with Gasteiger partial charge in [-0.3, -0.25) is 9.78 Å². The van der Waals surface area contributed by atoms with Gasteiger partial charge in [0.25, 0.3) is 5.91 Å². The molecule has 160 valence electrons. The lowest BCUT2D eigenvalue weighted by atomic mass is 10.0. The molecule has 7 heteroatoms. The molecule has 6 nitrogen and oxygen atoms in total. The predicted molar refractivity (Wildman–Crippen MR) is 120 cm³/mol. The summed E-state index contributed by atoms with van der Waals surface area (Å²) in [5.74, 6) is 0.144. The van der Waals surface area contributed by atoms with Gasteiger partial charge in [-0.1, -0.05) is 38.3 Å².